The van der Waals surface area contributed by atoms with Crippen LogP contribution < -0.4 is 10.6 Å². The zero-order valence-electron chi connectivity index (χ0n) is 12.8. The van der Waals surface area contributed by atoms with Gasteiger partial charge in [0.1, 0.15) is 5.82 Å². The second-order valence-electron chi connectivity index (χ2n) is 5.85. The van der Waals surface area contributed by atoms with Crippen molar-refractivity contribution < 1.29 is 4.79 Å². The Morgan fingerprint density at radius 1 is 1.48 bits per heavy atom. The molecule has 0 spiro atoms. The van der Waals surface area contributed by atoms with Gasteiger partial charge in [-0.05, 0) is 46.7 Å². The fourth-order valence-corrected chi connectivity index (χ4v) is 3.17. The number of hydrogen-bond donors (Lipinski definition) is 2. The molecule has 0 bridgehead atoms. The maximum atomic E-state index is 12.4. The van der Waals surface area contributed by atoms with Crippen LogP contribution in [0.3, 0.4) is 0 Å². The predicted molar refractivity (Wildman–Crippen MR) is 89.6 cm³/mol. The first-order chi connectivity index (χ1) is 10.1. The van der Waals surface area contributed by atoms with E-state index in [-0.39, 0.29) is 5.91 Å². The largest absolute Gasteiger partial charge is 0.369 e. The summed E-state index contributed by atoms with van der Waals surface area (Å²) in [6.07, 6.45) is 6.50. The molecule has 1 fully saturated rings. The predicted octanol–water partition coefficient (Wildman–Crippen LogP) is 3.83. The number of nitrogens with one attached hydrogen (secondary N) is 2. The van der Waals surface area contributed by atoms with Crippen LogP contribution in [0.2, 0.25) is 0 Å². The number of amides is 1. The van der Waals surface area contributed by atoms with E-state index in [1.807, 2.05) is 6.07 Å². The van der Waals surface area contributed by atoms with Crippen LogP contribution in [0.5, 0.6) is 0 Å². The van der Waals surface area contributed by atoms with E-state index in [0.717, 1.165) is 24.0 Å². The van der Waals surface area contributed by atoms with Gasteiger partial charge in [-0.2, -0.15) is 0 Å². The van der Waals surface area contributed by atoms with Crippen molar-refractivity contribution in [2.75, 3.05) is 18.4 Å². The van der Waals surface area contributed by atoms with Gasteiger partial charge in [0.05, 0.1) is 5.56 Å². The lowest BCUT2D eigenvalue weighted by Crippen LogP contribution is -2.31. The molecular formula is C16H24BrN3O. The molecule has 2 unspecified atom stereocenters. The van der Waals surface area contributed by atoms with Crippen LogP contribution in [-0.4, -0.2) is 24.0 Å². The van der Waals surface area contributed by atoms with E-state index in [1.54, 1.807) is 6.20 Å². The van der Waals surface area contributed by atoms with Gasteiger partial charge in [-0.1, -0.05) is 26.7 Å². The Balaban J connectivity index is 2.01. The topological polar surface area (TPSA) is 54.0 Å². The van der Waals surface area contributed by atoms with Gasteiger partial charge in [-0.15, -0.1) is 0 Å². The van der Waals surface area contributed by atoms with Crippen LogP contribution in [0.25, 0.3) is 0 Å². The molecule has 5 heteroatoms. The van der Waals surface area contributed by atoms with Gasteiger partial charge in [-0.3, -0.25) is 4.79 Å². The lowest BCUT2D eigenvalue weighted by molar-refractivity contribution is 0.0945. The Morgan fingerprint density at radius 3 is 2.95 bits per heavy atom. The smallest absolute Gasteiger partial charge is 0.255 e. The fraction of sp³-hybridized carbons (Fsp3) is 0.625. The van der Waals surface area contributed by atoms with E-state index in [1.165, 1.54) is 19.3 Å². The second-order valence-corrected chi connectivity index (χ2v) is 6.77. The Labute approximate surface area is 135 Å². The number of rotatable bonds is 6. The average Bonchev–Trinajstić information content (AvgIpc) is 2.88. The molecule has 2 N–H and O–H groups in total. The maximum Gasteiger partial charge on any atom is 0.255 e. The molecule has 21 heavy (non-hydrogen) atoms. The number of pyridine rings is 1. The highest BCUT2D eigenvalue weighted by Gasteiger charge is 2.24. The molecule has 1 aliphatic rings. The molecule has 0 aromatic carbocycles. The van der Waals surface area contributed by atoms with Crippen LogP contribution >= 0.6 is 15.9 Å². The molecule has 2 atom stereocenters. The van der Waals surface area contributed by atoms with Gasteiger partial charge < -0.3 is 10.6 Å². The zero-order chi connectivity index (χ0) is 15.2. The maximum absolute atomic E-state index is 12.4. The summed E-state index contributed by atoms with van der Waals surface area (Å²) in [6.45, 7) is 5.94. The van der Waals surface area contributed by atoms with Crippen molar-refractivity contribution in [1.29, 1.82) is 0 Å². The van der Waals surface area contributed by atoms with Crippen molar-refractivity contribution in [2.45, 2.75) is 39.5 Å². The first-order valence-corrected chi connectivity index (χ1v) is 8.58. The van der Waals surface area contributed by atoms with Crippen molar-refractivity contribution in [1.82, 2.24) is 10.3 Å². The summed E-state index contributed by atoms with van der Waals surface area (Å²) in [7, 11) is 0. The minimum Gasteiger partial charge on any atom is -0.369 e. The van der Waals surface area contributed by atoms with Crippen molar-refractivity contribution in [3.05, 3.63) is 22.3 Å². The molecule has 4 nitrogen and oxygen atoms in total. The summed E-state index contributed by atoms with van der Waals surface area (Å²) >= 11 is 3.39. The minimum atomic E-state index is -0.0403. The number of carbonyl (C=O) groups excluding carboxylic acids is 1. The fourth-order valence-electron chi connectivity index (χ4n) is 2.84. The summed E-state index contributed by atoms with van der Waals surface area (Å²) in [4.78, 5) is 16.7. The molecule has 1 aromatic heterocycles. The number of nitrogens with zero attached hydrogens (tertiary/aromatic N) is 1. The van der Waals surface area contributed by atoms with E-state index in [2.05, 4.69) is 45.4 Å². The van der Waals surface area contributed by atoms with E-state index in [0.29, 0.717) is 23.2 Å². The molecule has 0 radical (unpaired) electrons. The number of halogens is 1. The Bertz CT molecular complexity index is 492. The standard InChI is InChI=1S/C16H24BrN3O/c1-3-7-18-15-14(8-13(17)10-19-15)16(21)20-9-12-6-4-5-11(12)2/h8,10-12H,3-7,9H2,1-2H3,(H,18,19)(H,20,21). The highest BCUT2D eigenvalue weighted by Crippen LogP contribution is 2.30. The molecule has 1 heterocycles. The quantitative estimate of drug-likeness (QED) is 0.816. The van der Waals surface area contributed by atoms with Crippen molar-refractivity contribution in [2.24, 2.45) is 11.8 Å². The second kappa shape index (κ2) is 7.78. The molecule has 1 aromatic rings. The summed E-state index contributed by atoms with van der Waals surface area (Å²) in [5.41, 5.74) is 0.614. The number of hydrogen-bond acceptors (Lipinski definition) is 3. The van der Waals surface area contributed by atoms with E-state index < -0.39 is 0 Å². The third kappa shape index (κ3) is 4.43. The van der Waals surface area contributed by atoms with Crippen molar-refractivity contribution >= 4 is 27.7 Å². The summed E-state index contributed by atoms with van der Waals surface area (Å²) in [6, 6.07) is 1.83. The van der Waals surface area contributed by atoms with Crippen LogP contribution in [0.4, 0.5) is 5.82 Å². The van der Waals surface area contributed by atoms with E-state index in [4.69, 9.17) is 0 Å². The van der Waals surface area contributed by atoms with E-state index in [9.17, 15) is 4.79 Å². The lowest BCUT2D eigenvalue weighted by atomic mass is 9.98. The van der Waals surface area contributed by atoms with Gasteiger partial charge in [0.15, 0.2) is 0 Å². The van der Waals surface area contributed by atoms with Crippen molar-refractivity contribution in [3.8, 4) is 0 Å². The highest BCUT2D eigenvalue weighted by molar-refractivity contribution is 9.10. The highest BCUT2D eigenvalue weighted by atomic mass is 79.9. The molecule has 0 aliphatic heterocycles. The normalized spacial score (nSPS) is 21.3. The summed E-state index contributed by atoms with van der Waals surface area (Å²) < 4.78 is 0.823. The molecule has 2 rings (SSSR count). The monoisotopic (exact) mass is 353 g/mol. The van der Waals surface area contributed by atoms with Gasteiger partial charge in [0.2, 0.25) is 0 Å². The van der Waals surface area contributed by atoms with Crippen LogP contribution in [0.1, 0.15) is 49.9 Å². The molecule has 1 amide bonds. The molecule has 1 saturated carbocycles. The first kappa shape index (κ1) is 16.3. The summed E-state index contributed by atoms with van der Waals surface area (Å²) in [5.74, 6) is 1.95. The van der Waals surface area contributed by atoms with Crippen LogP contribution in [0.15, 0.2) is 16.7 Å². The van der Waals surface area contributed by atoms with Gasteiger partial charge in [-0.25, -0.2) is 4.98 Å². The summed E-state index contributed by atoms with van der Waals surface area (Å²) in [5, 5.41) is 6.29. The third-order valence-electron chi connectivity index (χ3n) is 4.21. The molecular weight excluding hydrogens is 330 g/mol. The minimum absolute atomic E-state index is 0.0403. The average molecular weight is 354 g/mol. The molecule has 0 saturated heterocycles. The van der Waals surface area contributed by atoms with Gasteiger partial charge >= 0.3 is 0 Å². The van der Waals surface area contributed by atoms with Gasteiger partial charge in [0, 0.05) is 23.8 Å². The van der Waals surface area contributed by atoms with Crippen molar-refractivity contribution in [3.63, 3.8) is 0 Å². The van der Waals surface area contributed by atoms with E-state index >= 15 is 0 Å². The molecule has 116 valence electrons. The van der Waals surface area contributed by atoms with Gasteiger partial charge in [0.25, 0.3) is 5.91 Å². The lowest BCUT2D eigenvalue weighted by Gasteiger charge is -2.17. The van der Waals surface area contributed by atoms with Crippen LogP contribution in [0, 0.1) is 11.8 Å². The zero-order valence-corrected chi connectivity index (χ0v) is 14.4. The first-order valence-electron chi connectivity index (χ1n) is 7.79. The number of anilines is 1. The SMILES string of the molecule is CCCNc1ncc(Br)cc1C(=O)NCC1CCCC1C. The third-order valence-corrected chi connectivity index (χ3v) is 4.64. The Hall–Kier alpha value is -1.10. The Morgan fingerprint density at radius 2 is 2.29 bits per heavy atom. The number of aromatic nitrogens is 1. The number of carbonyl (C=O) groups is 1. The molecule has 1 aliphatic carbocycles. The van der Waals surface area contributed by atoms with Crippen LogP contribution in [-0.2, 0) is 0 Å². The Kier molecular flexibility index (Phi) is 6.03.